The Labute approximate surface area is 208 Å². The number of hydrogen-bond donors (Lipinski definition) is 1. The van der Waals surface area contributed by atoms with E-state index in [2.05, 4.69) is 28.1 Å². The van der Waals surface area contributed by atoms with E-state index in [1.54, 1.807) is 37.3 Å². The van der Waals surface area contributed by atoms with Crippen molar-refractivity contribution in [2.45, 2.75) is 13.3 Å². The summed E-state index contributed by atoms with van der Waals surface area (Å²) in [7, 11) is 0. The fourth-order valence-electron chi connectivity index (χ4n) is 5.72. The molecule has 1 saturated heterocycles. The minimum atomic E-state index is -1.07. The molecule has 2 heterocycles. The zero-order chi connectivity index (χ0) is 23.9. The molecule has 1 N–H and O–H groups in total. The van der Waals surface area contributed by atoms with Crippen LogP contribution in [0.1, 0.15) is 22.3 Å². The van der Waals surface area contributed by atoms with Crippen molar-refractivity contribution in [2.75, 3.05) is 4.90 Å². The lowest BCUT2D eigenvalue weighted by atomic mass is 9.85. The lowest BCUT2D eigenvalue weighted by molar-refractivity contribution is -0.123. The highest BCUT2D eigenvalue weighted by atomic mass is 79.9. The number of nitrogens with zero attached hydrogens (tertiary/aromatic N) is 2. The molecular weight excluding hydrogens is 520 g/mol. The van der Waals surface area contributed by atoms with Crippen molar-refractivity contribution < 1.29 is 19.5 Å². The van der Waals surface area contributed by atoms with E-state index in [4.69, 9.17) is 16.6 Å². The summed E-state index contributed by atoms with van der Waals surface area (Å²) in [5, 5.41) is 10.8. The summed E-state index contributed by atoms with van der Waals surface area (Å²) < 4.78 is 0.605. The molecular formula is C26H18BrClN2O4. The van der Waals surface area contributed by atoms with Crippen molar-refractivity contribution in [1.82, 2.24) is 4.98 Å². The molecule has 3 aliphatic rings. The molecule has 1 saturated carbocycles. The Balaban J connectivity index is 1.39. The summed E-state index contributed by atoms with van der Waals surface area (Å²) >= 11 is 9.74. The molecule has 2 fully saturated rings. The first kappa shape index (κ1) is 21.5. The van der Waals surface area contributed by atoms with Gasteiger partial charge in [-0.05, 0) is 70.9 Å². The number of aryl methyl sites for hydroxylation is 1. The number of aromatic carboxylic acids is 1. The second-order valence-corrected chi connectivity index (χ2v) is 10.3. The predicted octanol–water partition coefficient (Wildman–Crippen LogP) is 5.64. The minimum Gasteiger partial charge on any atom is -0.478 e. The van der Waals surface area contributed by atoms with Gasteiger partial charge in [-0.3, -0.25) is 14.5 Å². The number of rotatable bonds is 3. The summed E-state index contributed by atoms with van der Waals surface area (Å²) in [5.41, 5.74) is 2.96. The van der Waals surface area contributed by atoms with Gasteiger partial charge in [0.1, 0.15) is 0 Å². The maximum atomic E-state index is 13.1. The van der Waals surface area contributed by atoms with Crippen LogP contribution >= 0.6 is 27.5 Å². The second kappa shape index (κ2) is 7.48. The minimum absolute atomic E-state index is 0.116. The number of halogens is 2. The summed E-state index contributed by atoms with van der Waals surface area (Å²) in [6.07, 6.45) is 5.03. The van der Waals surface area contributed by atoms with Gasteiger partial charge in [-0.15, -0.1) is 0 Å². The Hall–Kier alpha value is -3.03. The van der Waals surface area contributed by atoms with Crippen LogP contribution in [0, 0.1) is 30.6 Å². The average Bonchev–Trinajstić information content (AvgIpc) is 3.51. The van der Waals surface area contributed by atoms with Crippen molar-refractivity contribution in [2.24, 2.45) is 23.7 Å². The van der Waals surface area contributed by atoms with Crippen LogP contribution in [0.2, 0.25) is 5.02 Å². The van der Waals surface area contributed by atoms with E-state index in [-0.39, 0.29) is 41.0 Å². The average molecular weight is 538 g/mol. The Morgan fingerprint density at radius 1 is 1.09 bits per heavy atom. The van der Waals surface area contributed by atoms with Crippen LogP contribution in [0.5, 0.6) is 0 Å². The second-order valence-electron chi connectivity index (χ2n) is 9.11. The number of allylic oxidation sites excluding steroid dienone is 2. The third kappa shape index (κ3) is 2.93. The molecule has 2 aromatic carbocycles. The fourth-order valence-corrected chi connectivity index (χ4v) is 6.39. The lowest BCUT2D eigenvalue weighted by Gasteiger charge is -2.18. The van der Waals surface area contributed by atoms with Gasteiger partial charge in [0.15, 0.2) is 0 Å². The first-order valence-corrected chi connectivity index (χ1v) is 12.1. The zero-order valence-electron chi connectivity index (χ0n) is 18.0. The molecule has 2 amide bonds. The monoisotopic (exact) mass is 536 g/mol. The maximum Gasteiger partial charge on any atom is 0.336 e. The number of aromatic nitrogens is 1. The van der Waals surface area contributed by atoms with Crippen molar-refractivity contribution in [3.05, 3.63) is 69.2 Å². The normalized spacial score (nSPS) is 25.0. The van der Waals surface area contributed by atoms with Crippen LogP contribution in [-0.4, -0.2) is 27.9 Å². The predicted molar refractivity (Wildman–Crippen MR) is 132 cm³/mol. The number of carboxylic acid groups (broad SMARTS) is 1. The first-order chi connectivity index (χ1) is 16.3. The number of benzene rings is 2. The Bertz CT molecular complexity index is 1440. The van der Waals surface area contributed by atoms with Crippen LogP contribution < -0.4 is 4.90 Å². The molecule has 3 aromatic rings. The highest BCUT2D eigenvalue weighted by Crippen LogP contribution is 2.53. The summed E-state index contributed by atoms with van der Waals surface area (Å²) in [6, 6.07) is 10.1. The van der Waals surface area contributed by atoms with E-state index in [9.17, 15) is 19.5 Å². The summed E-state index contributed by atoms with van der Waals surface area (Å²) in [6.45, 7) is 1.80. The molecule has 1 aromatic heterocycles. The number of hydrogen-bond acceptors (Lipinski definition) is 4. The molecule has 6 rings (SSSR count). The summed E-state index contributed by atoms with van der Waals surface area (Å²) in [4.78, 5) is 44.2. The van der Waals surface area contributed by atoms with Gasteiger partial charge in [0, 0.05) is 15.4 Å². The van der Waals surface area contributed by atoms with Crippen molar-refractivity contribution in [3.8, 4) is 11.3 Å². The van der Waals surface area contributed by atoms with E-state index in [0.29, 0.717) is 42.9 Å². The number of carbonyl (C=O) groups is 3. The molecule has 2 bridgehead atoms. The molecule has 0 radical (unpaired) electrons. The van der Waals surface area contributed by atoms with Crippen molar-refractivity contribution in [1.29, 1.82) is 0 Å². The summed E-state index contributed by atoms with van der Waals surface area (Å²) in [5.74, 6) is -1.53. The number of anilines is 1. The fraction of sp³-hybridized carbons (Fsp3) is 0.231. The number of fused-ring (bicyclic) bond motifs is 6. The van der Waals surface area contributed by atoms with Crippen molar-refractivity contribution >= 4 is 61.9 Å². The van der Waals surface area contributed by atoms with Gasteiger partial charge in [0.25, 0.3) is 0 Å². The van der Waals surface area contributed by atoms with Crippen LogP contribution in [0.4, 0.5) is 5.69 Å². The van der Waals surface area contributed by atoms with Crippen LogP contribution in [0.3, 0.4) is 0 Å². The van der Waals surface area contributed by atoms with Gasteiger partial charge in [-0.25, -0.2) is 9.78 Å². The quantitative estimate of drug-likeness (QED) is 0.345. The largest absolute Gasteiger partial charge is 0.478 e. The zero-order valence-corrected chi connectivity index (χ0v) is 20.3. The SMILES string of the molecule is Cc1c(Cl)c(Br)cc2c(C(=O)O)cc(-c3ccc(N4C(=O)C5C6C=CC(C6)C5C4=O)cc3)nc12. The molecule has 0 spiro atoms. The van der Waals surface area contributed by atoms with Crippen LogP contribution in [-0.2, 0) is 9.59 Å². The molecule has 1 aliphatic heterocycles. The standard InChI is InChI=1S/C26H18BrClN2O4/c1-11-22(28)18(27)9-16-17(26(33)34)10-19(29-23(11)16)12-4-6-15(7-5-12)30-24(31)20-13-2-3-14(8-13)21(20)25(30)32/h2-7,9-10,13-14,20-21H,8H2,1H3,(H,33,34). The Morgan fingerprint density at radius 2 is 1.71 bits per heavy atom. The molecule has 8 heteroatoms. The molecule has 34 heavy (non-hydrogen) atoms. The lowest BCUT2D eigenvalue weighted by Crippen LogP contribution is -2.32. The van der Waals surface area contributed by atoms with E-state index in [0.717, 1.165) is 6.42 Å². The number of imide groups is 1. The van der Waals surface area contributed by atoms with E-state index >= 15 is 0 Å². The van der Waals surface area contributed by atoms with E-state index in [1.165, 1.54) is 11.0 Å². The maximum absolute atomic E-state index is 13.1. The van der Waals surface area contributed by atoms with Gasteiger partial charge in [-0.2, -0.15) is 0 Å². The smallest absolute Gasteiger partial charge is 0.336 e. The topological polar surface area (TPSA) is 87.6 Å². The van der Waals surface area contributed by atoms with Crippen molar-refractivity contribution in [3.63, 3.8) is 0 Å². The Morgan fingerprint density at radius 3 is 2.29 bits per heavy atom. The molecule has 2 aliphatic carbocycles. The number of pyridine rings is 1. The van der Waals surface area contributed by atoms with E-state index in [1.807, 2.05) is 0 Å². The van der Waals surface area contributed by atoms with Gasteiger partial charge in [0.05, 0.1) is 39.3 Å². The highest BCUT2D eigenvalue weighted by Gasteiger charge is 2.59. The number of amides is 2. The van der Waals surface area contributed by atoms with Gasteiger partial charge < -0.3 is 5.11 Å². The third-order valence-electron chi connectivity index (χ3n) is 7.35. The molecule has 4 unspecified atom stereocenters. The molecule has 170 valence electrons. The van der Waals surface area contributed by atoms with Gasteiger partial charge in [-0.1, -0.05) is 35.9 Å². The van der Waals surface area contributed by atoms with E-state index < -0.39 is 5.97 Å². The number of carboxylic acids is 1. The van der Waals surface area contributed by atoms with Gasteiger partial charge in [0.2, 0.25) is 11.8 Å². The third-order valence-corrected chi connectivity index (χ3v) is 8.69. The Kier molecular flexibility index (Phi) is 4.73. The van der Waals surface area contributed by atoms with Crippen LogP contribution in [0.15, 0.2) is 53.0 Å². The first-order valence-electron chi connectivity index (χ1n) is 11.0. The van der Waals surface area contributed by atoms with Crippen LogP contribution in [0.25, 0.3) is 22.2 Å². The highest BCUT2D eigenvalue weighted by molar-refractivity contribution is 9.10. The molecule has 6 nitrogen and oxygen atoms in total. The van der Waals surface area contributed by atoms with Gasteiger partial charge >= 0.3 is 5.97 Å². The molecule has 4 atom stereocenters. The number of carbonyl (C=O) groups excluding carboxylic acids is 2.